The highest BCUT2D eigenvalue weighted by molar-refractivity contribution is 6.46. The van der Waals surface area contributed by atoms with E-state index in [0.717, 1.165) is 0 Å². The molecular formula is C12H9Cl3FN3. The van der Waals surface area contributed by atoms with Gasteiger partial charge in [0.2, 0.25) is 0 Å². The predicted molar refractivity (Wildman–Crippen MR) is 78.3 cm³/mol. The summed E-state index contributed by atoms with van der Waals surface area (Å²) in [6, 6.07) is 1.34. The average Bonchev–Trinajstić information content (AvgIpc) is 2.78. The van der Waals surface area contributed by atoms with Gasteiger partial charge in [0.25, 0.3) is 0 Å². The molecule has 19 heavy (non-hydrogen) atoms. The minimum absolute atomic E-state index is 0.0497. The van der Waals surface area contributed by atoms with E-state index in [1.54, 1.807) is 7.05 Å². The van der Waals surface area contributed by atoms with Crippen molar-refractivity contribution in [2.75, 3.05) is 17.7 Å². The maximum atomic E-state index is 13.9. The molecule has 1 aromatic carbocycles. The van der Waals surface area contributed by atoms with Crippen LogP contribution in [-0.4, -0.2) is 19.4 Å². The molecule has 3 nitrogen and oxygen atoms in total. The van der Waals surface area contributed by atoms with Gasteiger partial charge in [-0.25, -0.2) is 4.39 Å². The van der Waals surface area contributed by atoms with E-state index >= 15 is 0 Å². The molecular weight excluding hydrogens is 312 g/mol. The van der Waals surface area contributed by atoms with Gasteiger partial charge >= 0.3 is 0 Å². The standard InChI is InChI=1S/C12H9Cl3FN3/c1-17-6-2-5(16)10(15)7-8-9(14)4(13)3-18-12(8)19-11(6)7/h2-3,8,12,17,19H,1H3. The monoisotopic (exact) mass is 319 g/mol. The Bertz CT molecular complexity index is 627. The van der Waals surface area contributed by atoms with Crippen molar-refractivity contribution in [1.82, 2.24) is 0 Å². The Kier molecular flexibility index (Phi) is 3.12. The Balaban J connectivity index is 2.25. The van der Waals surface area contributed by atoms with Crippen LogP contribution in [0.3, 0.4) is 0 Å². The van der Waals surface area contributed by atoms with Crippen molar-refractivity contribution >= 4 is 52.4 Å². The summed E-state index contributed by atoms with van der Waals surface area (Å²) in [5.74, 6) is -0.855. The Morgan fingerprint density at radius 2 is 2.11 bits per heavy atom. The Morgan fingerprint density at radius 1 is 1.37 bits per heavy atom. The van der Waals surface area contributed by atoms with E-state index in [9.17, 15) is 4.39 Å². The van der Waals surface area contributed by atoms with Gasteiger partial charge in [0.1, 0.15) is 12.0 Å². The van der Waals surface area contributed by atoms with Crippen LogP contribution in [0.1, 0.15) is 11.5 Å². The van der Waals surface area contributed by atoms with Crippen LogP contribution in [0.15, 0.2) is 21.1 Å². The predicted octanol–water partition coefficient (Wildman–Crippen LogP) is 4.13. The summed E-state index contributed by atoms with van der Waals surface area (Å²) in [4.78, 5) is 4.26. The van der Waals surface area contributed by atoms with Crippen LogP contribution in [-0.2, 0) is 0 Å². The highest BCUT2D eigenvalue weighted by atomic mass is 35.5. The molecule has 0 radical (unpaired) electrons. The zero-order chi connectivity index (χ0) is 13.7. The highest BCUT2D eigenvalue weighted by Gasteiger charge is 2.40. The number of rotatable bonds is 1. The number of benzene rings is 1. The third kappa shape index (κ3) is 1.82. The Labute approximate surface area is 124 Å². The first kappa shape index (κ1) is 13.0. The van der Waals surface area contributed by atoms with E-state index in [1.165, 1.54) is 12.3 Å². The first-order valence-corrected chi connectivity index (χ1v) is 6.72. The molecule has 2 aliphatic rings. The second-order valence-electron chi connectivity index (χ2n) is 4.30. The second kappa shape index (κ2) is 4.54. The minimum atomic E-state index is -0.498. The van der Waals surface area contributed by atoms with E-state index in [0.29, 0.717) is 27.0 Å². The molecule has 7 heteroatoms. The lowest BCUT2D eigenvalue weighted by Crippen LogP contribution is -2.22. The van der Waals surface area contributed by atoms with Crippen molar-refractivity contribution in [3.63, 3.8) is 0 Å². The lowest BCUT2D eigenvalue weighted by molar-refractivity contribution is 0.624. The first-order chi connectivity index (χ1) is 9.04. The van der Waals surface area contributed by atoms with Crippen LogP contribution in [0.2, 0.25) is 5.02 Å². The Morgan fingerprint density at radius 3 is 2.79 bits per heavy atom. The molecule has 2 N–H and O–H groups in total. The van der Waals surface area contributed by atoms with Crippen molar-refractivity contribution < 1.29 is 4.39 Å². The lowest BCUT2D eigenvalue weighted by atomic mass is 9.96. The number of hydrogen-bond acceptors (Lipinski definition) is 3. The topological polar surface area (TPSA) is 36.4 Å². The van der Waals surface area contributed by atoms with Gasteiger partial charge in [-0.05, 0) is 0 Å². The smallest absolute Gasteiger partial charge is 0.144 e. The number of nitrogens with zero attached hydrogens (tertiary/aromatic N) is 1. The molecule has 0 amide bonds. The van der Waals surface area contributed by atoms with Crippen molar-refractivity contribution in [3.05, 3.63) is 32.5 Å². The summed E-state index contributed by atoms with van der Waals surface area (Å²) >= 11 is 18.3. The molecule has 3 rings (SSSR count). The van der Waals surface area contributed by atoms with Crippen LogP contribution in [0.5, 0.6) is 0 Å². The molecule has 2 aliphatic heterocycles. The van der Waals surface area contributed by atoms with Crippen LogP contribution in [0.25, 0.3) is 0 Å². The fourth-order valence-corrected chi connectivity index (χ4v) is 3.14. The lowest BCUT2D eigenvalue weighted by Gasteiger charge is -2.20. The van der Waals surface area contributed by atoms with Crippen molar-refractivity contribution in [3.8, 4) is 0 Å². The summed E-state index contributed by atoms with van der Waals surface area (Å²) in [6.07, 6.45) is 1.18. The fourth-order valence-electron chi connectivity index (χ4n) is 2.42. The van der Waals surface area contributed by atoms with E-state index in [4.69, 9.17) is 34.8 Å². The zero-order valence-corrected chi connectivity index (χ0v) is 12.0. The molecule has 0 fully saturated rings. The van der Waals surface area contributed by atoms with Crippen LogP contribution in [0.4, 0.5) is 15.8 Å². The summed E-state index contributed by atoms with van der Waals surface area (Å²) in [6.45, 7) is 0. The van der Waals surface area contributed by atoms with Crippen molar-refractivity contribution in [1.29, 1.82) is 0 Å². The van der Waals surface area contributed by atoms with Gasteiger partial charge in [-0.1, -0.05) is 34.8 Å². The van der Waals surface area contributed by atoms with Gasteiger partial charge in [-0.2, -0.15) is 0 Å². The maximum absolute atomic E-state index is 13.9. The first-order valence-electron chi connectivity index (χ1n) is 5.59. The van der Waals surface area contributed by atoms with Gasteiger partial charge in [-0.15, -0.1) is 0 Å². The molecule has 0 aliphatic carbocycles. The number of halogens is 4. The second-order valence-corrected chi connectivity index (χ2v) is 5.49. The van der Waals surface area contributed by atoms with Gasteiger partial charge in [-0.3, -0.25) is 4.99 Å². The van der Waals surface area contributed by atoms with Crippen LogP contribution in [0, 0.1) is 5.82 Å². The van der Waals surface area contributed by atoms with Gasteiger partial charge in [0.05, 0.1) is 27.3 Å². The van der Waals surface area contributed by atoms with Gasteiger partial charge < -0.3 is 10.6 Å². The zero-order valence-electron chi connectivity index (χ0n) is 9.77. The van der Waals surface area contributed by atoms with Crippen LogP contribution < -0.4 is 10.6 Å². The Hall–Kier alpha value is -0.970. The fraction of sp³-hybridized carbons (Fsp3) is 0.250. The summed E-state index contributed by atoms with van der Waals surface area (Å²) in [5.41, 5.74) is 1.92. The molecule has 0 spiro atoms. The number of hydrogen-bond donors (Lipinski definition) is 2. The number of dihydropyridines is 1. The number of aliphatic imine (C=N–C) groups is 1. The van der Waals surface area contributed by atoms with Crippen molar-refractivity contribution in [2.45, 2.75) is 12.1 Å². The summed E-state index contributed by atoms with van der Waals surface area (Å²) in [5, 5.41) is 6.93. The van der Waals surface area contributed by atoms with Crippen LogP contribution >= 0.6 is 34.8 Å². The minimum Gasteiger partial charge on any atom is -0.386 e. The van der Waals surface area contributed by atoms with Gasteiger partial charge in [0, 0.05) is 29.9 Å². The molecule has 2 unspecified atom stereocenters. The quantitative estimate of drug-likeness (QED) is 0.816. The maximum Gasteiger partial charge on any atom is 0.144 e. The van der Waals surface area contributed by atoms with Crippen molar-refractivity contribution in [2.24, 2.45) is 4.99 Å². The normalized spacial score (nSPS) is 24.1. The van der Waals surface area contributed by atoms with E-state index in [2.05, 4.69) is 15.6 Å². The molecule has 100 valence electrons. The molecule has 0 bridgehead atoms. The van der Waals surface area contributed by atoms with E-state index in [-0.39, 0.29) is 17.1 Å². The third-order valence-corrected chi connectivity index (χ3v) is 4.51. The highest BCUT2D eigenvalue weighted by Crippen LogP contribution is 2.51. The molecule has 2 atom stereocenters. The number of fused-ring (bicyclic) bond motifs is 3. The summed E-state index contributed by atoms with van der Waals surface area (Å²) in [7, 11) is 1.71. The van der Waals surface area contributed by atoms with E-state index in [1.807, 2.05) is 0 Å². The van der Waals surface area contributed by atoms with E-state index < -0.39 is 5.82 Å². The molecule has 0 aromatic heterocycles. The molecule has 2 heterocycles. The third-order valence-electron chi connectivity index (χ3n) is 3.29. The number of nitrogens with one attached hydrogen (secondary N) is 2. The average molecular weight is 321 g/mol. The SMILES string of the molecule is CNc1cc(F)c(Cl)c2c1NC1N=CC(Cl)=C(Cl)C21. The number of anilines is 2. The summed E-state index contributed by atoms with van der Waals surface area (Å²) < 4.78 is 13.9. The number of allylic oxidation sites excluding steroid dienone is 1. The largest absolute Gasteiger partial charge is 0.386 e. The van der Waals surface area contributed by atoms with Gasteiger partial charge in [0.15, 0.2) is 0 Å². The molecule has 0 saturated heterocycles. The molecule has 0 saturated carbocycles. The molecule has 1 aromatic rings.